The van der Waals surface area contributed by atoms with E-state index in [-0.39, 0.29) is 0 Å². The Morgan fingerprint density at radius 1 is 1.17 bits per heavy atom. The van der Waals surface area contributed by atoms with Crippen LogP contribution in [-0.2, 0) is 0 Å². The summed E-state index contributed by atoms with van der Waals surface area (Å²) in [5, 5.41) is 13.5. The van der Waals surface area contributed by atoms with Crippen molar-refractivity contribution in [1.29, 1.82) is 5.26 Å². The van der Waals surface area contributed by atoms with Gasteiger partial charge in [0, 0.05) is 54.0 Å². The van der Waals surface area contributed by atoms with Gasteiger partial charge >= 0.3 is 0 Å². The molecule has 4 heterocycles. The van der Waals surface area contributed by atoms with Gasteiger partial charge in [0.25, 0.3) is 0 Å². The van der Waals surface area contributed by atoms with Gasteiger partial charge in [0.2, 0.25) is 0 Å². The number of piperazine rings is 1. The fourth-order valence-electron chi connectivity index (χ4n) is 4.90. The molecule has 1 saturated carbocycles. The molecule has 2 aromatic heterocycles. The molecule has 3 fully saturated rings. The van der Waals surface area contributed by atoms with Gasteiger partial charge in [-0.1, -0.05) is 0 Å². The molecule has 24 heavy (non-hydrogen) atoms. The van der Waals surface area contributed by atoms with Crippen LogP contribution in [-0.4, -0.2) is 45.7 Å². The van der Waals surface area contributed by atoms with Crippen molar-refractivity contribution >= 4 is 27.1 Å². The Morgan fingerprint density at radius 3 is 2.62 bits per heavy atom. The first-order chi connectivity index (χ1) is 11.7. The molecule has 6 heteroatoms. The topological polar surface area (TPSA) is 47.6 Å². The van der Waals surface area contributed by atoms with Gasteiger partial charge in [-0.15, -0.1) is 0 Å². The molecule has 2 aliphatic heterocycles. The van der Waals surface area contributed by atoms with E-state index in [0.29, 0.717) is 24.0 Å². The third-order valence-corrected chi connectivity index (χ3v) is 6.48. The molecule has 0 spiro atoms. The molecular weight excluding hydrogens is 366 g/mol. The summed E-state index contributed by atoms with van der Waals surface area (Å²) in [6.45, 7) is 2.18. The molecular formula is C18H20BrN5. The lowest BCUT2D eigenvalue weighted by atomic mass is 9.79. The SMILES string of the molecule is N#CC1CC(N2C3CCC2CN(c2ccnn4cc(Br)cc24)C3)C1. The second kappa shape index (κ2) is 5.47. The van der Waals surface area contributed by atoms with Crippen LogP contribution in [0.2, 0.25) is 0 Å². The van der Waals surface area contributed by atoms with E-state index in [1.54, 1.807) is 0 Å². The second-order valence-corrected chi connectivity index (χ2v) is 8.31. The van der Waals surface area contributed by atoms with Crippen LogP contribution in [0.5, 0.6) is 0 Å². The quantitative estimate of drug-likeness (QED) is 0.796. The van der Waals surface area contributed by atoms with Crippen LogP contribution in [0.15, 0.2) is 29.0 Å². The Morgan fingerprint density at radius 2 is 1.92 bits per heavy atom. The van der Waals surface area contributed by atoms with Crippen LogP contribution in [0.1, 0.15) is 25.7 Å². The van der Waals surface area contributed by atoms with E-state index in [2.05, 4.69) is 49.0 Å². The fraction of sp³-hybridized carbons (Fsp3) is 0.556. The van der Waals surface area contributed by atoms with Crippen molar-refractivity contribution in [1.82, 2.24) is 14.5 Å². The summed E-state index contributed by atoms with van der Waals surface area (Å²) in [5.74, 6) is 0.297. The van der Waals surface area contributed by atoms with E-state index >= 15 is 0 Å². The molecule has 1 aliphatic carbocycles. The zero-order valence-electron chi connectivity index (χ0n) is 13.5. The first-order valence-corrected chi connectivity index (χ1v) is 9.57. The van der Waals surface area contributed by atoms with Gasteiger partial charge in [-0.25, -0.2) is 4.52 Å². The van der Waals surface area contributed by atoms with Crippen LogP contribution in [0.25, 0.3) is 5.52 Å². The molecule has 2 bridgehead atoms. The van der Waals surface area contributed by atoms with Crippen molar-refractivity contribution in [2.45, 2.75) is 43.8 Å². The van der Waals surface area contributed by atoms with Crippen LogP contribution >= 0.6 is 15.9 Å². The third-order valence-electron chi connectivity index (χ3n) is 6.05. The third kappa shape index (κ3) is 2.18. The van der Waals surface area contributed by atoms with Crippen molar-refractivity contribution in [3.8, 4) is 6.07 Å². The van der Waals surface area contributed by atoms with Crippen LogP contribution < -0.4 is 4.90 Å². The zero-order chi connectivity index (χ0) is 16.3. The Kier molecular flexibility index (Phi) is 3.36. The van der Waals surface area contributed by atoms with Gasteiger partial charge in [0.1, 0.15) is 0 Å². The van der Waals surface area contributed by atoms with Crippen molar-refractivity contribution in [2.75, 3.05) is 18.0 Å². The highest BCUT2D eigenvalue weighted by Gasteiger charge is 2.47. The number of anilines is 1. The molecule has 2 saturated heterocycles. The lowest BCUT2D eigenvalue weighted by molar-refractivity contribution is 0.0439. The van der Waals surface area contributed by atoms with E-state index in [9.17, 15) is 0 Å². The molecule has 0 aromatic carbocycles. The van der Waals surface area contributed by atoms with Gasteiger partial charge in [-0.2, -0.15) is 10.4 Å². The number of fused-ring (bicyclic) bond motifs is 3. The minimum Gasteiger partial charge on any atom is -0.367 e. The normalized spacial score (nSPS) is 32.8. The van der Waals surface area contributed by atoms with E-state index in [4.69, 9.17) is 5.26 Å². The number of aromatic nitrogens is 2. The van der Waals surface area contributed by atoms with Gasteiger partial charge in [0.05, 0.1) is 17.3 Å². The predicted octanol–water partition coefficient (Wildman–Crippen LogP) is 3.05. The Labute approximate surface area is 150 Å². The first-order valence-electron chi connectivity index (χ1n) is 8.78. The standard InChI is InChI=1S/C18H20BrN5/c19-13-7-18-17(3-4-21-23(18)9-13)22-10-14-1-2-15(11-22)24(14)16-5-12(6-16)8-20/h3-4,7,9,12,14-16H,1-2,5-6,10-11H2. The van der Waals surface area contributed by atoms with Gasteiger partial charge in [-0.3, -0.25) is 4.90 Å². The highest BCUT2D eigenvalue weighted by Crippen LogP contribution is 2.42. The average Bonchev–Trinajstić information content (AvgIpc) is 3.02. The highest BCUT2D eigenvalue weighted by atomic mass is 79.9. The number of rotatable bonds is 2. The van der Waals surface area contributed by atoms with Crippen molar-refractivity contribution in [3.05, 3.63) is 29.0 Å². The van der Waals surface area contributed by atoms with E-state index in [1.807, 2.05) is 16.9 Å². The number of halogens is 1. The van der Waals surface area contributed by atoms with Crippen molar-refractivity contribution < 1.29 is 0 Å². The lowest BCUT2D eigenvalue weighted by Gasteiger charge is -2.49. The Bertz CT molecular complexity index is 804. The first kappa shape index (κ1) is 14.7. The molecule has 5 nitrogen and oxygen atoms in total. The molecule has 124 valence electrons. The maximum Gasteiger partial charge on any atom is 0.0891 e. The summed E-state index contributed by atoms with van der Waals surface area (Å²) < 4.78 is 3.03. The number of hydrogen-bond donors (Lipinski definition) is 0. The Balaban J connectivity index is 1.40. The summed E-state index contributed by atoms with van der Waals surface area (Å²) in [6.07, 6.45) is 8.65. The van der Waals surface area contributed by atoms with E-state index in [0.717, 1.165) is 30.4 Å². The summed E-state index contributed by atoms with van der Waals surface area (Å²) in [6, 6.07) is 8.65. The maximum atomic E-state index is 9.05. The summed E-state index contributed by atoms with van der Waals surface area (Å²) >= 11 is 3.56. The maximum absolute atomic E-state index is 9.05. The summed E-state index contributed by atoms with van der Waals surface area (Å²) in [7, 11) is 0. The highest BCUT2D eigenvalue weighted by molar-refractivity contribution is 9.10. The minimum absolute atomic E-state index is 0.297. The predicted molar refractivity (Wildman–Crippen MR) is 95.9 cm³/mol. The molecule has 0 N–H and O–H groups in total. The molecule has 3 aliphatic rings. The summed E-state index contributed by atoms with van der Waals surface area (Å²) in [4.78, 5) is 5.29. The average molecular weight is 386 g/mol. The van der Waals surface area contributed by atoms with Crippen LogP contribution in [0, 0.1) is 17.2 Å². The molecule has 0 radical (unpaired) electrons. The molecule has 0 amide bonds. The number of hydrogen-bond acceptors (Lipinski definition) is 4. The van der Waals surface area contributed by atoms with Crippen LogP contribution in [0.4, 0.5) is 5.69 Å². The fourth-order valence-corrected chi connectivity index (χ4v) is 5.31. The molecule has 2 aromatic rings. The van der Waals surface area contributed by atoms with Crippen LogP contribution in [0.3, 0.4) is 0 Å². The zero-order valence-corrected chi connectivity index (χ0v) is 15.1. The second-order valence-electron chi connectivity index (χ2n) is 7.39. The van der Waals surface area contributed by atoms with Crippen molar-refractivity contribution in [2.24, 2.45) is 5.92 Å². The Hall–Kier alpha value is -1.58. The largest absolute Gasteiger partial charge is 0.367 e. The molecule has 2 unspecified atom stereocenters. The number of nitrogens with zero attached hydrogens (tertiary/aromatic N) is 5. The smallest absolute Gasteiger partial charge is 0.0891 e. The van der Waals surface area contributed by atoms with Gasteiger partial charge < -0.3 is 4.90 Å². The number of nitriles is 1. The van der Waals surface area contributed by atoms with Crippen molar-refractivity contribution in [3.63, 3.8) is 0 Å². The van der Waals surface area contributed by atoms with Gasteiger partial charge in [-0.05, 0) is 53.7 Å². The van der Waals surface area contributed by atoms with E-state index in [1.165, 1.54) is 24.0 Å². The molecule has 2 atom stereocenters. The van der Waals surface area contributed by atoms with E-state index < -0.39 is 0 Å². The lowest BCUT2D eigenvalue weighted by Crippen LogP contribution is -2.60. The minimum atomic E-state index is 0.297. The van der Waals surface area contributed by atoms with Gasteiger partial charge in [0.15, 0.2) is 0 Å². The molecule has 5 rings (SSSR count). The summed E-state index contributed by atoms with van der Waals surface area (Å²) in [5.41, 5.74) is 2.46. The monoisotopic (exact) mass is 385 g/mol.